The van der Waals surface area contributed by atoms with Gasteiger partial charge in [-0.15, -0.1) is 0 Å². The highest BCUT2D eigenvalue weighted by Gasteiger charge is 2.37. The molecule has 0 bridgehead atoms. The molecular weight excluding hydrogens is 407 g/mol. The fourth-order valence-electron chi connectivity index (χ4n) is 3.72. The number of halogens is 5. The first-order valence-electron chi connectivity index (χ1n) is 9.78. The fourth-order valence-corrected chi connectivity index (χ4v) is 3.72. The van der Waals surface area contributed by atoms with Gasteiger partial charge in [0.2, 0.25) is 34.8 Å². The van der Waals surface area contributed by atoms with Crippen molar-refractivity contribution in [3.8, 4) is 5.75 Å². The molecule has 0 aromatic heterocycles. The summed E-state index contributed by atoms with van der Waals surface area (Å²) in [5.74, 6) is -13.4. The highest BCUT2D eigenvalue weighted by molar-refractivity contribution is 5.78. The van der Waals surface area contributed by atoms with Crippen molar-refractivity contribution in [1.29, 1.82) is 0 Å². The minimum atomic E-state index is -2.32. The average Bonchev–Trinajstić information content (AvgIpc) is 2.58. The second-order valence-electron chi connectivity index (χ2n) is 10.2. The van der Waals surface area contributed by atoms with Crippen LogP contribution >= 0.6 is 0 Å². The summed E-state index contributed by atoms with van der Waals surface area (Å²) >= 11 is 0. The van der Waals surface area contributed by atoms with Crippen molar-refractivity contribution in [2.24, 2.45) is 16.7 Å². The summed E-state index contributed by atoms with van der Waals surface area (Å²) < 4.78 is 77.8. The highest BCUT2D eigenvalue weighted by Crippen LogP contribution is 2.37. The second-order valence-corrected chi connectivity index (χ2v) is 10.2. The predicted molar refractivity (Wildman–Crippen MR) is 104 cm³/mol. The molecular formula is C22H31F5O3. The molecule has 0 aliphatic heterocycles. The molecule has 1 aromatic rings. The van der Waals surface area contributed by atoms with Crippen molar-refractivity contribution in [1.82, 2.24) is 0 Å². The van der Waals surface area contributed by atoms with Gasteiger partial charge in [0.25, 0.3) is 0 Å². The molecule has 0 spiro atoms. The van der Waals surface area contributed by atoms with E-state index in [2.05, 4.69) is 32.4 Å². The predicted octanol–water partition coefficient (Wildman–Crippen LogP) is 6.57. The Hall–Kier alpha value is -1.70. The van der Waals surface area contributed by atoms with Crippen LogP contribution in [0.3, 0.4) is 0 Å². The monoisotopic (exact) mass is 438 g/mol. The number of hydrogen-bond acceptors (Lipinski definition) is 3. The lowest BCUT2D eigenvalue weighted by molar-refractivity contribution is -0.153. The molecule has 0 atom stereocenters. The molecule has 0 amide bonds. The molecule has 8 heteroatoms. The summed E-state index contributed by atoms with van der Waals surface area (Å²) in [6, 6.07) is 0. The lowest BCUT2D eigenvalue weighted by atomic mass is 9.76. The van der Waals surface area contributed by atoms with Crippen LogP contribution in [0.2, 0.25) is 0 Å². The summed E-state index contributed by atoms with van der Waals surface area (Å²) in [4.78, 5) is 12.4. The van der Waals surface area contributed by atoms with Crippen molar-refractivity contribution in [2.45, 2.75) is 73.8 Å². The van der Waals surface area contributed by atoms with Gasteiger partial charge in [0, 0.05) is 0 Å². The third kappa shape index (κ3) is 6.65. The van der Waals surface area contributed by atoms with Crippen molar-refractivity contribution >= 4 is 5.97 Å². The Morgan fingerprint density at radius 1 is 0.833 bits per heavy atom. The van der Waals surface area contributed by atoms with Gasteiger partial charge in [-0.2, -0.15) is 8.78 Å². The van der Waals surface area contributed by atoms with Crippen LogP contribution in [0.1, 0.15) is 68.2 Å². The smallest absolute Gasteiger partial charge is 0.319 e. The molecule has 0 fully saturated rings. The number of rotatable bonds is 9. The maximum absolute atomic E-state index is 13.8. The lowest BCUT2D eigenvalue weighted by Gasteiger charge is -2.37. The van der Waals surface area contributed by atoms with Crippen molar-refractivity contribution in [2.75, 3.05) is 6.61 Å². The number of carbonyl (C=O) groups excluding carboxylic acids is 1. The van der Waals surface area contributed by atoms with E-state index in [-0.39, 0.29) is 12.0 Å². The molecule has 0 saturated heterocycles. The van der Waals surface area contributed by atoms with Crippen LogP contribution in [0.15, 0.2) is 0 Å². The molecule has 3 nitrogen and oxygen atoms in total. The van der Waals surface area contributed by atoms with Gasteiger partial charge < -0.3 is 9.47 Å². The maximum Gasteiger partial charge on any atom is 0.319 e. The zero-order valence-electron chi connectivity index (χ0n) is 18.8. The van der Waals surface area contributed by atoms with Crippen molar-refractivity contribution in [3.63, 3.8) is 0 Å². The molecule has 1 aromatic carbocycles. The Labute approximate surface area is 174 Å². The highest BCUT2D eigenvalue weighted by atomic mass is 19.2. The van der Waals surface area contributed by atoms with Gasteiger partial charge in [-0.1, -0.05) is 27.7 Å². The number of hydrogen-bond donors (Lipinski definition) is 0. The molecule has 0 aliphatic rings. The molecule has 0 saturated carbocycles. The summed E-state index contributed by atoms with van der Waals surface area (Å²) in [6.45, 7) is 14.8. The normalized spacial score (nSPS) is 13.1. The maximum atomic E-state index is 13.8. The molecule has 0 unspecified atom stereocenters. The van der Waals surface area contributed by atoms with Crippen LogP contribution in [0.25, 0.3) is 0 Å². The van der Waals surface area contributed by atoms with Crippen LogP contribution in [-0.4, -0.2) is 18.2 Å². The van der Waals surface area contributed by atoms with Crippen molar-refractivity contribution in [3.05, 3.63) is 29.1 Å². The zero-order chi connectivity index (χ0) is 23.7. The number of esters is 1. The van der Waals surface area contributed by atoms with Gasteiger partial charge in [-0.3, -0.25) is 4.79 Å². The van der Waals surface area contributed by atoms with E-state index in [1.54, 1.807) is 0 Å². The number of benzene rings is 1. The van der Waals surface area contributed by atoms with Crippen LogP contribution in [0, 0.1) is 45.8 Å². The van der Waals surface area contributed by atoms with Gasteiger partial charge in [0.15, 0.2) is 0 Å². The van der Waals surface area contributed by atoms with E-state index in [1.165, 1.54) is 13.8 Å². The minimum Gasteiger partial charge on any atom is -0.420 e. The van der Waals surface area contributed by atoms with E-state index in [9.17, 15) is 26.7 Å². The number of carbonyl (C=O) groups is 1. The Bertz CT molecular complexity index is 756. The first kappa shape index (κ1) is 26.3. The third-order valence-electron chi connectivity index (χ3n) is 4.61. The third-order valence-corrected chi connectivity index (χ3v) is 4.61. The quantitative estimate of drug-likeness (QED) is 0.144. The summed E-state index contributed by atoms with van der Waals surface area (Å²) in [5.41, 5.74) is -2.06. The standard InChI is InChI=1S/C22H31F5O3/c1-12(2)9-20(3,4)10-22(7,8)29-11-21(5,6)19(28)30-18-16(26)14(24)13(23)15(25)17(18)27/h12H,9-11H2,1-8H3. The second kappa shape index (κ2) is 9.20. The Balaban J connectivity index is 2.92. The van der Waals surface area contributed by atoms with Gasteiger partial charge in [0.1, 0.15) is 0 Å². The Morgan fingerprint density at radius 2 is 1.27 bits per heavy atom. The Morgan fingerprint density at radius 3 is 1.70 bits per heavy atom. The number of ether oxygens (including phenoxy) is 2. The van der Waals surface area contributed by atoms with E-state index in [0.717, 1.165) is 6.42 Å². The first-order valence-corrected chi connectivity index (χ1v) is 9.78. The summed E-state index contributed by atoms with van der Waals surface area (Å²) in [5, 5.41) is 0. The van der Waals surface area contributed by atoms with E-state index < -0.39 is 51.8 Å². The van der Waals surface area contributed by atoms with E-state index in [0.29, 0.717) is 12.3 Å². The summed E-state index contributed by atoms with van der Waals surface area (Å²) in [6.07, 6.45) is 1.65. The molecule has 172 valence electrons. The fraction of sp³-hybridized carbons (Fsp3) is 0.682. The van der Waals surface area contributed by atoms with Gasteiger partial charge in [0.05, 0.1) is 17.6 Å². The van der Waals surface area contributed by atoms with E-state index >= 15 is 0 Å². The molecule has 0 radical (unpaired) electrons. The molecule has 0 N–H and O–H groups in total. The first-order chi connectivity index (χ1) is 13.4. The lowest BCUT2D eigenvalue weighted by Crippen LogP contribution is -2.40. The zero-order valence-corrected chi connectivity index (χ0v) is 18.8. The minimum absolute atomic E-state index is 0.0300. The van der Waals surface area contributed by atoms with Crippen molar-refractivity contribution < 1.29 is 36.2 Å². The largest absolute Gasteiger partial charge is 0.420 e. The van der Waals surface area contributed by atoms with Crippen LogP contribution in [-0.2, 0) is 9.53 Å². The average molecular weight is 438 g/mol. The van der Waals surface area contributed by atoms with Crippen LogP contribution in [0.4, 0.5) is 22.0 Å². The topological polar surface area (TPSA) is 35.5 Å². The van der Waals surface area contributed by atoms with Crippen LogP contribution < -0.4 is 4.74 Å². The molecule has 30 heavy (non-hydrogen) atoms. The molecule has 0 aliphatic carbocycles. The van der Waals surface area contributed by atoms with Gasteiger partial charge >= 0.3 is 5.97 Å². The van der Waals surface area contributed by atoms with E-state index in [4.69, 9.17) is 4.74 Å². The van der Waals surface area contributed by atoms with Gasteiger partial charge in [-0.25, -0.2) is 13.2 Å². The summed E-state index contributed by atoms with van der Waals surface area (Å²) in [7, 11) is 0. The molecule has 1 rings (SSSR count). The SMILES string of the molecule is CC(C)CC(C)(C)CC(C)(C)OCC(C)(C)C(=O)Oc1c(F)c(F)c(F)c(F)c1F. The van der Waals surface area contributed by atoms with Crippen LogP contribution in [0.5, 0.6) is 5.75 Å². The molecule has 0 heterocycles. The van der Waals surface area contributed by atoms with E-state index in [1.807, 2.05) is 13.8 Å². The Kier molecular flexibility index (Phi) is 8.08. The van der Waals surface area contributed by atoms with Gasteiger partial charge in [-0.05, 0) is 51.9 Å².